The minimum atomic E-state index is 0.0758. The van der Waals surface area contributed by atoms with Crippen LogP contribution in [0.15, 0.2) is 60.0 Å². The number of thiophene rings is 1. The first-order valence-electron chi connectivity index (χ1n) is 9.43. The van der Waals surface area contributed by atoms with Crippen LogP contribution in [-0.2, 0) is 24.4 Å². The van der Waals surface area contributed by atoms with Gasteiger partial charge in [0, 0.05) is 23.0 Å². The van der Waals surface area contributed by atoms with Crippen molar-refractivity contribution in [3.8, 4) is 11.5 Å². The molecular weight excluding hydrogens is 406 g/mol. The Hall–Kier alpha value is -2.50. The zero-order chi connectivity index (χ0) is 20.6. The van der Waals surface area contributed by atoms with E-state index >= 15 is 0 Å². The van der Waals surface area contributed by atoms with Gasteiger partial charge in [-0.15, -0.1) is 11.3 Å². The summed E-state index contributed by atoms with van der Waals surface area (Å²) in [6.45, 7) is 3.64. The Balaban J connectivity index is 1.65. The maximum absolute atomic E-state index is 12.7. The Kier molecular flexibility index (Phi) is 7.55. The number of hydrogen-bond donors (Lipinski definition) is 0. The van der Waals surface area contributed by atoms with Crippen LogP contribution in [0.3, 0.4) is 0 Å². The second-order valence-corrected chi connectivity index (χ2v) is 8.03. The minimum Gasteiger partial charge on any atom is -0.493 e. The quantitative estimate of drug-likeness (QED) is 0.445. The summed E-state index contributed by atoms with van der Waals surface area (Å²) in [6, 6.07) is 17.2. The van der Waals surface area contributed by atoms with Crippen molar-refractivity contribution >= 4 is 28.8 Å². The molecule has 152 valence electrons. The average molecular weight is 430 g/mol. The molecule has 0 saturated heterocycles. The van der Waals surface area contributed by atoms with Crippen LogP contribution in [0.2, 0.25) is 5.02 Å². The number of amides is 1. The van der Waals surface area contributed by atoms with Crippen LogP contribution in [-0.4, -0.2) is 24.5 Å². The van der Waals surface area contributed by atoms with E-state index in [9.17, 15) is 4.79 Å². The minimum absolute atomic E-state index is 0.0758. The van der Waals surface area contributed by atoms with E-state index in [1.807, 2.05) is 59.7 Å². The Morgan fingerprint density at radius 3 is 2.48 bits per heavy atom. The maximum atomic E-state index is 12.7. The molecular formula is C23H24ClNO3S. The van der Waals surface area contributed by atoms with Gasteiger partial charge in [0.15, 0.2) is 11.5 Å². The van der Waals surface area contributed by atoms with Crippen LogP contribution in [0.1, 0.15) is 22.9 Å². The molecule has 0 aliphatic rings. The second kappa shape index (κ2) is 10.3. The lowest BCUT2D eigenvalue weighted by atomic mass is 10.1. The summed E-state index contributed by atoms with van der Waals surface area (Å²) in [5, 5.41) is 2.70. The maximum Gasteiger partial charge on any atom is 0.227 e. The van der Waals surface area contributed by atoms with Gasteiger partial charge in [-0.1, -0.05) is 35.9 Å². The van der Waals surface area contributed by atoms with Crippen molar-refractivity contribution < 1.29 is 14.3 Å². The fourth-order valence-electron chi connectivity index (χ4n) is 2.96. The van der Waals surface area contributed by atoms with Crippen LogP contribution in [0, 0.1) is 0 Å². The van der Waals surface area contributed by atoms with Gasteiger partial charge in [-0.3, -0.25) is 4.79 Å². The van der Waals surface area contributed by atoms with Gasteiger partial charge in [0.2, 0.25) is 5.91 Å². The van der Waals surface area contributed by atoms with Gasteiger partial charge < -0.3 is 14.4 Å². The number of carbonyl (C=O) groups excluding carboxylic acids is 1. The number of hydrogen-bond acceptors (Lipinski definition) is 4. The predicted molar refractivity (Wildman–Crippen MR) is 118 cm³/mol. The third-order valence-corrected chi connectivity index (χ3v) is 5.66. The van der Waals surface area contributed by atoms with Gasteiger partial charge in [0.05, 0.1) is 13.5 Å². The molecule has 0 radical (unpaired) electrons. The number of methoxy groups -OCH3 is 1. The van der Waals surface area contributed by atoms with Gasteiger partial charge in [0.1, 0.15) is 6.61 Å². The molecule has 0 fully saturated rings. The van der Waals surface area contributed by atoms with Crippen LogP contribution in [0.25, 0.3) is 0 Å². The lowest BCUT2D eigenvalue weighted by Gasteiger charge is -2.22. The van der Waals surface area contributed by atoms with Crippen molar-refractivity contribution in [1.82, 2.24) is 4.90 Å². The summed E-state index contributed by atoms with van der Waals surface area (Å²) in [5.41, 5.74) is 1.95. The topological polar surface area (TPSA) is 38.8 Å². The standard InChI is InChI=1S/C23H24ClNO3S/c1-3-25(23(26)14-17-6-9-19(24)10-7-17)15-18-8-11-21(22(13-18)27-2)28-16-20-5-4-12-29-20/h4-13H,3,14-16H2,1-2H3. The summed E-state index contributed by atoms with van der Waals surface area (Å²) in [6.07, 6.45) is 0.351. The van der Waals surface area contributed by atoms with Crippen LogP contribution in [0.5, 0.6) is 11.5 Å². The van der Waals surface area contributed by atoms with Crippen molar-refractivity contribution in [1.29, 1.82) is 0 Å². The van der Waals surface area contributed by atoms with E-state index in [2.05, 4.69) is 0 Å². The average Bonchev–Trinajstić information content (AvgIpc) is 3.26. The molecule has 0 N–H and O–H groups in total. The lowest BCUT2D eigenvalue weighted by molar-refractivity contribution is -0.130. The molecule has 0 saturated carbocycles. The van der Waals surface area contributed by atoms with Crippen molar-refractivity contribution in [3.05, 3.63) is 81.0 Å². The number of carbonyl (C=O) groups is 1. The first-order valence-corrected chi connectivity index (χ1v) is 10.7. The van der Waals surface area contributed by atoms with E-state index < -0.39 is 0 Å². The monoisotopic (exact) mass is 429 g/mol. The zero-order valence-electron chi connectivity index (χ0n) is 16.6. The summed E-state index contributed by atoms with van der Waals surface area (Å²) in [5.74, 6) is 1.44. The first kappa shape index (κ1) is 21.2. The summed E-state index contributed by atoms with van der Waals surface area (Å²) >= 11 is 7.58. The van der Waals surface area contributed by atoms with E-state index in [1.54, 1.807) is 30.6 Å². The Morgan fingerprint density at radius 1 is 1.07 bits per heavy atom. The number of likely N-dealkylation sites (N-methyl/N-ethyl adjacent to an activating group) is 1. The van der Waals surface area contributed by atoms with Crippen LogP contribution >= 0.6 is 22.9 Å². The van der Waals surface area contributed by atoms with E-state index in [1.165, 1.54) is 0 Å². The number of benzene rings is 2. The molecule has 3 aromatic rings. The number of nitrogens with zero attached hydrogens (tertiary/aromatic N) is 1. The first-order chi connectivity index (χ1) is 14.1. The molecule has 29 heavy (non-hydrogen) atoms. The van der Waals surface area contributed by atoms with Gasteiger partial charge >= 0.3 is 0 Å². The number of halogens is 1. The number of rotatable bonds is 9. The third kappa shape index (κ3) is 5.99. The smallest absolute Gasteiger partial charge is 0.227 e. The molecule has 0 bridgehead atoms. The largest absolute Gasteiger partial charge is 0.493 e. The molecule has 2 aromatic carbocycles. The zero-order valence-corrected chi connectivity index (χ0v) is 18.1. The summed E-state index contributed by atoms with van der Waals surface area (Å²) < 4.78 is 11.4. The molecule has 0 spiro atoms. The van der Waals surface area contributed by atoms with Gasteiger partial charge in [-0.2, -0.15) is 0 Å². The van der Waals surface area contributed by atoms with E-state index in [0.29, 0.717) is 42.6 Å². The molecule has 1 aromatic heterocycles. The van der Waals surface area contributed by atoms with Crippen molar-refractivity contribution in [2.75, 3.05) is 13.7 Å². The predicted octanol–water partition coefficient (Wildman–Crippen LogP) is 5.58. The highest BCUT2D eigenvalue weighted by atomic mass is 35.5. The molecule has 0 unspecified atom stereocenters. The molecule has 1 heterocycles. The Morgan fingerprint density at radius 2 is 1.83 bits per heavy atom. The van der Waals surface area contributed by atoms with E-state index in [0.717, 1.165) is 16.0 Å². The molecule has 0 atom stereocenters. The Bertz CT molecular complexity index is 926. The summed E-state index contributed by atoms with van der Waals surface area (Å²) in [4.78, 5) is 15.7. The van der Waals surface area contributed by atoms with E-state index in [-0.39, 0.29) is 5.91 Å². The molecule has 3 rings (SSSR count). The molecule has 0 aliphatic heterocycles. The Labute approximate surface area is 180 Å². The fraction of sp³-hybridized carbons (Fsp3) is 0.261. The highest BCUT2D eigenvalue weighted by Gasteiger charge is 2.15. The molecule has 4 nitrogen and oxygen atoms in total. The van der Waals surface area contributed by atoms with Crippen LogP contribution in [0.4, 0.5) is 0 Å². The lowest BCUT2D eigenvalue weighted by Crippen LogP contribution is -2.31. The normalized spacial score (nSPS) is 10.6. The highest BCUT2D eigenvalue weighted by molar-refractivity contribution is 7.09. The third-order valence-electron chi connectivity index (χ3n) is 4.55. The number of ether oxygens (including phenoxy) is 2. The SMILES string of the molecule is CCN(Cc1ccc(OCc2cccs2)c(OC)c1)C(=O)Cc1ccc(Cl)cc1. The summed E-state index contributed by atoms with van der Waals surface area (Å²) in [7, 11) is 1.63. The molecule has 0 aliphatic carbocycles. The molecule has 6 heteroatoms. The van der Waals surface area contributed by atoms with E-state index in [4.69, 9.17) is 21.1 Å². The van der Waals surface area contributed by atoms with Gasteiger partial charge in [0.25, 0.3) is 0 Å². The van der Waals surface area contributed by atoms with Crippen LogP contribution < -0.4 is 9.47 Å². The van der Waals surface area contributed by atoms with Crippen molar-refractivity contribution in [2.45, 2.75) is 26.5 Å². The fourth-order valence-corrected chi connectivity index (χ4v) is 3.70. The highest BCUT2D eigenvalue weighted by Crippen LogP contribution is 2.30. The second-order valence-electron chi connectivity index (χ2n) is 6.56. The van der Waals surface area contributed by atoms with Gasteiger partial charge in [-0.05, 0) is 53.8 Å². The van der Waals surface area contributed by atoms with Crippen molar-refractivity contribution in [3.63, 3.8) is 0 Å². The van der Waals surface area contributed by atoms with Crippen molar-refractivity contribution in [2.24, 2.45) is 0 Å². The van der Waals surface area contributed by atoms with Gasteiger partial charge in [-0.25, -0.2) is 0 Å². The molecule has 1 amide bonds.